The number of phenolic OH excluding ortho intramolecular Hbond substituents is 2. The summed E-state index contributed by atoms with van der Waals surface area (Å²) in [6.07, 6.45) is -0.632. The van der Waals surface area contributed by atoms with E-state index < -0.39 is 53.8 Å². The van der Waals surface area contributed by atoms with Gasteiger partial charge in [0.15, 0.2) is 0 Å². The fourth-order valence-corrected chi connectivity index (χ4v) is 3.51. The Hall–Kier alpha value is -4.65. The van der Waals surface area contributed by atoms with Crippen molar-refractivity contribution in [2.24, 2.45) is 5.73 Å². The number of carbonyl (C=O) groups is 5. The van der Waals surface area contributed by atoms with E-state index >= 15 is 0 Å². The predicted octanol–water partition coefficient (Wildman–Crippen LogP) is -0.366. The van der Waals surface area contributed by atoms with Gasteiger partial charge >= 0.3 is 11.9 Å². The van der Waals surface area contributed by atoms with Crippen molar-refractivity contribution in [3.63, 3.8) is 0 Å². The normalized spacial score (nSPS) is 13.8. The summed E-state index contributed by atoms with van der Waals surface area (Å²) in [5.74, 6) is -4.78. The van der Waals surface area contributed by atoms with Crippen molar-refractivity contribution in [2.45, 2.75) is 56.8 Å². The van der Waals surface area contributed by atoms with Crippen LogP contribution in [0, 0.1) is 0 Å². The van der Waals surface area contributed by atoms with Crippen molar-refractivity contribution in [3.8, 4) is 11.5 Å². The van der Waals surface area contributed by atoms with Gasteiger partial charge in [-0.1, -0.05) is 24.3 Å². The van der Waals surface area contributed by atoms with Gasteiger partial charge in [0.1, 0.15) is 29.6 Å². The lowest BCUT2D eigenvalue weighted by molar-refractivity contribution is -0.142. The molecular formula is C26H32N4O9. The average Bonchev–Trinajstić information content (AvgIpc) is 2.88. The molecule has 13 nitrogen and oxygen atoms in total. The molecule has 4 atom stereocenters. The van der Waals surface area contributed by atoms with Gasteiger partial charge in [-0.3, -0.25) is 19.2 Å². The summed E-state index contributed by atoms with van der Waals surface area (Å²) in [6, 6.07) is 6.70. The second-order valence-electron chi connectivity index (χ2n) is 8.97. The number of amides is 3. The molecule has 0 aromatic heterocycles. The SMILES string of the molecule is CC(NC(=O)C(Cc1ccc(O)cc1)NC(=O)C(N)CCC(=O)O)C(=O)NC(Cc1ccc(O)cc1)C(=O)O. The van der Waals surface area contributed by atoms with Crippen LogP contribution < -0.4 is 21.7 Å². The van der Waals surface area contributed by atoms with E-state index in [0.717, 1.165) is 0 Å². The van der Waals surface area contributed by atoms with Gasteiger partial charge in [-0.15, -0.1) is 0 Å². The number of hydrogen-bond donors (Lipinski definition) is 8. The standard InChI is InChI=1S/C26H32N4O9/c1-14(23(35)30-21(26(38)39)13-16-4-8-18(32)9-5-16)28-25(37)20(12-15-2-6-17(31)7-3-15)29-24(36)19(27)10-11-22(33)34/h2-9,14,19-21,31-32H,10-13,27H2,1H3,(H,28,37)(H,29,36)(H,30,35)(H,33,34)(H,38,39). The summed E-state index contributed by atoms with van der Waals surface area (Å²) in [5, 5.41) is 44.5. The summed E-state index contributed by atoms with van der Waals surface area (Å²) < 4.78 is 0. The third-order valence-corrected chi connectivity index (χ3v) is 5.76. The minimum atomic E-state index is -1.32. The molecule has 3 amide bonds. The Morgan fingerprint density at radius 3 is 1.64 bits per heavy atom. The first-order chi connectivity index (χ1) is 18.3. The number of benzene rings is 2. The Balaban J connectivity index is 2.09. The van der Waals surface area contributed by atoms with Crippen molar-refractivity contribution in [3.05, 3.63) is 59.7 Å². The lowest BCUT2D eigenvalue weighted by Gasteiger charge is -2.23. The Labute approximate surface area is 224 Å². The van der Waals surface area contributed by atoms with Crippen molar-refractivity contribution in [1.29, 1.82) is 0 Å². The monoisotopic (exact) mass is 544 g/mol. The third kappa shape index (κ3) is 10.3. The number of nitrogens with two attached hydrogens (primary N) is 1. The lowest BCUT2D eigenvalue weighted by atomic mass is 10.0. The van der Waals surface area contributed by atoms with E-state index in [2.05, 4.69) is 16.0 Å². The Morgan fingerprint density at radius 2 is 1.18 bits per heavy atom. The zero-order chi connectivity index (χ0) is 29.1. The molecule has 4 unspecified atom stereocenters. The minimum Gasteiger partial charge on any atom is -0.508 e. The molecule has 0 bridgehead atoms. The number of carboxylic acids is 2. The highest BCUT2D eigenvalue weighted by Crippen LogP contribution is 2.13. The molecule has 0 saturated carbocycles. The third-order valence-electron chi connectivity index (χ3n) is 5.76. The van der Waals surface area contributed by atoms with Crippen LogP contribution in [0.2, 0.25) is 0 Å². The molecule has 2 aromatic carbocycles. The van der Waals surface area contributed by atoms with E-state index in [1.54, 1.807) is 0 Å². The molecule has 0 saturated heterocycles. The van der Waals surface area contributed by atoms with Gasteiger partial charge < -0.3 is 42.1 Å². The molecule has 210 valence electrons. The quantitative estimate of drug-likeness (QED) is 0.154. The highest BCUT2D eigenvalue weighted by molar-refractivity contribution is 5.94. The molecule has 2 aromatic rings. The molecule has 0 heterocycles. The number of hydrogen-bond acceptors (Lipinski definition) is 8. The summed E-state index contributed by atoms with van der Waals surface area (Å²) in [7, 11) is 0. The molecule has 13 heteroatoms. The Kier molecular flexibility index (Phi) is 11.2. The number of aliphatic carboxylic acids is 2. The fourth-order valence-electron chi connectivity index (χ4n) is 3.51. The van der Waals surface area contributed by atoms with Gasteiger partial charge in [0.2, 0.25) is 17.7 Å². The van der Waals surface area contributed by atoms with Gasteiger partial charge in [-0.05, 0) is 48.7 Å². The zero-order valence-corrected chi connectivity index (χ0v) is 21.2. The van der Waals surface area contributed by atoms with Crippen LogP contribution >= 0.6 is 0 Å². The molecule has 0 spiro atoms. The largest absolute Gasteiger partial charge is 0.508 e. The summed E-state index contributed by atoms with van der Waals surface area (Å²) >= 11 is 0. The highest BCUT2D eigenvalue weighted by atomic mass is 16.4. The molecule has 0 aliphatic carbocycles. The number of aromatic hydroxyl groups is 2. The summed E-state index contributed by atoms with van der Waals surface area (Å²) in [4.78, 5) is 60.8. The molecule has 0 aliphatic heterocycles. The maximum Gasteiger partial charge on any atom is 0.326 e. The van der Waals surface area contributed by atoms with Crippen LogP contribution in [0.4, 0.5) is 0 Å². The fraction of sp³-hybridized carbons (Fsp3) is 0.346. The van der Waals surface area contributed by atoms with Crippen LogP contribution in [-0.2, 0) is 36.8 Å². The number of carboxylic acid groups (broad SMARTS) is 2. The van der Waals surface area contributed by atoms with Crippen molar-refractivity contribution < 1.29 is 44.4 Å². The van der Waals surface area contributed by atoms with E-state index in [4.69, 9.17) is 10.8 Å². The van der Waals surface area contributed by atoms with E-state index in [-0.39, 0.29) is 37.2 Å². The number of phenols is 2. The Morgan fingerprint density at radius 1 is 0.718 bits per heavy atom. The molecule has 2 rings (SSSR count). The summed E-state index contributed by atoms with van der Waals surface area (Å²) in [6.45, 7) is 1.34. The van der Waals surface area contributed by atoms with Gasteiger partial charge in [0.25, 0.3) is 0 Å². The van der Waals surface area contributed by atoms with Gasteiger partial charge in [0, 0.05) is 19.3 Å². The van der Waals surface area contributed by atoms with Crippen LogP contribution in [-0.4, -0.2) is 74.3 Å². The van der Waals surface area contributed by atoms with Crippen LogP contribution in [0.1, 0.15) is 30.9 Å². The van der Waals surface area contributed by atoms with Crippen LogP contribution in [0.5, 0.6) is 11.5 Å². The predicted molar refractivity (Wildman–Crippen MR) is 138 cm³/mol. The molecule has 39 heavy (non-hydrogen) atoms. The van der Waals surface area contributed by atoms with Crippen molar-refractivity contribution in [1.82, 2.24) is 16.0 Å². The van der Waals surface area contributed by atoms with E-state index in [1.807, 2.05) is 0 Å². The Bertz CT molecular complexity index is 1170. The van der Waals surface area contributed by atoms with Crippen LogP contribution in [0.15, 0.2) is 48.5 Å². The maximum absolute atomic E-state index is 13.1. The average molecular weight is 545 g/mol. The van der Waals surface area contributed by atoms with Crippen LogP contribution in [0.25, 0.3) is 0 Å². The first kappa shape index (κ1) is 30.6. The zero-order valence-electron chi connectivity index (χ0n) is 21.2. The van der Waals surface area contributed by atoms with Crippen molar-refractivity contribution in [2.75, 3.05) is 0 Å². The minimum absolute atomic E-state index is 0.00258. The molecular weight excluding hydrogens is 512 g/mol. The van der Waals surface area contributed by atoms with Crippen molar-refractivity contribution >= 4 is 29.7 Å². The lowest BCUT2D eigenvalue weighted by Crippen LogP contribution is -2.57. The molecule has 0 fully saturated rings. The highest BCUT2D eigenvalue weighted by Gasteiger charge is 2.29. The topological polar surface area (TPSA) is 228 Å². The molecule has 9 N–H and O–H groups in total. The smallest absolute Gasteiger partial charge is 0.326 e. The van der Waals surface area contributed by atoms with E-state index in [9.17, 15) is 39.3 Å². The molecule has 0 aliphatic rings. The summed E-state index contributed by atoms with van der Waals surface area (Å²) in [5.41, 5.74) is 6.87. The van der Waals surface area contributed by atoms with Gasteiger partial charge in [-0.2, -0.15) is 0 Å². The first-order valence-corrected chi connectivity index (χ1v) is 12.0. The van der Waals surface area contributed by atoms with Gasteiger partial charge in [0.05, 0.1) is 6.04 Å². The van der Waals surface area contributed by atoms with Crippen LogP contribution in [0.3, 0.4) is 0 Å². The van der Waals surface area contributed by atoms with E-state index in [0.29, 0.717) is 11.1 Å². The second-order valence-corrected chi connectivity index (χ2v) is 8.97. The molecule has 0 radical (unpaired) electrons. The number of nitrogens with one attached hydrogen (secondary N) is 3. The van der Waals surface area contributed by atoms with E-state index in [1.165, 1.54) is 55.5 Å². The maximum atomic E-state index is 13.1. The number of rotatable bonds is 14. The van der Waals surface area contributed by atoms with Gasteiger partial charge in [-0.25, -0.2) is 4.79 Å². The second kappa shape index (κ2) is 14.3. The number of carbonyl (C=O) groups excluding carboxylic acids is 3. The first-order valence-electron chi connectivity index (χ1n) is 12.0.